The van der Waals surface area contributed by atoms with E-state index >= 15 is 0 Å². The molecule has 424 valence electrons. The number of carbonyl (C=O) groups is 2. The fourth-order valence-corrected chi connectivity index (χ4v) is 9.05. The molecule has 9 nitrogen and oxygen atoms in total. The van der Waals surface area contributed by atoms with Crippen LogP contribution in [0.2, 0.25) is 0 Å². The fourth-order valence-electron chi connectivity index (χ4n) is 8.33. The van der Waals surface area contributed by atoms with E-state index < -0.39 is 32.5 Å². The van der Waals surface area contributed by atoms with Gasteiger partial charge in [0.2, 0.25) is 0 Å². The molecule has 0 aromatic rings. The van der Waals surface area contributed by atoms with E-state index in [4.69, 9.17) is 18.5 Å². The zero-order chi connectivity index (χ0) is 53.5. The van der Waals surface area contributed by atoms with Crippen LogP contribution in [0.4, 0.5) is 0 Å². The highest BCUT2D eigenvalue weighted by Gasteiger charge is 2.22. The first kappa shape index (κ1) is 70.5. The van der Waals surface area contributed by atoms with Crippen LogP contribution in [-0.2, 0) is 32.7 Å². The minimum absolute atomic E-state index is 0.0339. The summed E-state index contributed by atoms with van der Waals surface area (Å²) < 4.78 is 34.1. The summed E-state index contributed by atoms with van der Waals surface area (Å²) in [5.41, 5.74) is 0. The van der Waals surface area contributed by atoms with Crippen LogP contribution in [0.15, 0.2) is 72.9 Å². The molecule has 73 heavy (non-hydrogen) atoms. The first-order chi connectivity index (χ1) is 35.5. The molecule has 0 radical (unpaired) electrons. The Bertz CT molecular complexity index is 1460. The first-order valence-corrected chi connectivity index (χ1v) is 31.6. The number of ether oxygens (including phenoxy) is 2. The van der Waals surface area contributed by atoms with E-state index in [1.165, 1.54) is 141 Å². The summed E-state index contributed by atoms with van der Waals surface area (Å²) in [6.07, 6.45) is 71.1. The van der Waals surface area contributed by atoms with E-state index in [0.29, 0.717) is 23.9 Å². The highest BCUT2D eigenvalue weighted by Crippen LogP contribution is 2.38. The van der Waals surface area contributed by atoms with Gasteiger partial charge in [-0.05, 0) is 83.5 Å². The average molecular weight is 1040 g/mol. The standard InChI is InChI=1S/C63H114NO8P/c1-6-8-10-12-14-16-18-20-22-24-25-26-27-28-29-30-31-32-33-34-35-36-37-38-39-40-42-44-46-48-50-52-54-56-63(66)72-61(60-71-73(67,68)70-58-57-64(3,4)5)59-69-62(65)55-53-51-49-47-45-43-41-23-21-19-17-15-13-11-9-7-2/h8,10,14,16-17,19-20,22-23,25-26,41,61H,6-7,9,11-13,15,18,21,24,27-40,42-60H2,1-5H3/b10-8-,16-14-,19-17-,22-20-,26-25-,41-23-. The van der Waals surface area contributed by atoms with Crippen LogP contribution in [0.5, 0.6) is 0 Å². The summed E-state index contributed by atoms with van der Waals surface area (Å²) in [6.45, 7) is 4.11. The maximum atomic E-state index is 12.8. The smallest absolute Gasteiger partial charge is 0.306 e. The van der Waals surface area contributed by atoms with Crippen LogP contribution in [0.3, 0.4) is 0 Å². The molecule has 0 aromatic carbocycles. The number of esters is 2. The highest BCUT2D eigenvalue weighted by molar-refractivity contribution is 7.45. The van der Waals surface area contributed by atoms with Gasteiger partial charge in [-0.1, -0.05) is 241 Å². The van der Waals surface area contributed by atoms with Crippen molar-refractivity contribution in [3.05, 3.63) is 72.9 Å². The molecule has 0 aliphatic heterocycles. The molecule has 0 N–H and O–H groups in total. The predicted octanol–water partition coefficient (Wildman–Crippen LogP) is 18.2. The van der Waals surface area contributed by atoms with Crippen molar-refractivity contribution in [3.63, 3.8) is 0 Å². The number of hydrogen-bond donors (Lipinski definition) is 0. The van der Waals surface area contributed by atoms with E-state index in [9.17, 15) is 19.0 Å². The van der Waals surface area contributed by atoms with Crippen LogP contribution in [0.25, 0.3) is 0 Å². The second kappa shape index (κ2) is 54.2. The monoisotopic (exact) mass is 1040 g/mol. The van der Waals surface area contributed by atoms with Gasteiger partial charge in [0.15, 0.2) is 6.10 Å². The highest BCUT2D eigenvalue weighted by atomic mass is 31.2. The number of rotatable bonds is 55. The van der Waals surface area contributed by atoms with Crippen LogP contribution >= 0.6 is 7.82 Å². The zero-order valence-electron chi connectivity index (χ0n) is 48.1. The topological polar surface area (TPSA) is 111 Å². The Hall–Kier alpha value is -2.55. The third-order valence-electron chi connectivity index (χ3n) is 13.0. The lowest BCUT2D eigenvalue weighted by molar-refractivity contribution is -0.870. The van der Waals surface area contributed by atoms with Gasteiger partial charge >= 0.3 is 11.9 Å². The number of phosphoric ester groups is 1. The molecule has 0 amide bonds. The van der Waals surface area contributed by atoms with Gasteiger partial charge in [0, 0.05) is 12.8 Å². The van der Waals surface area contributed by atoms with Gasteiger partial charge in [0.05, 0.1) is 27.7 Å². The van der Waals surface area contributed by atoms with Crippen molar-refractivity contribution < 1.29 is 42.1 Å². The van der Waals surface area contributed by atoms with Crippen LogP contribution in [0, 0.1) is 0 Å². The Morgan fingerprint density at radius 1 is 0.438 bits per heavy atom. The van der Waals surface area contributed by atoms with Crippen molar-refractivity contribution in [3.8, 4) is 0 Å². The van der Waals surface area contributed by atoms with Gasteiger partial charge in [0.25, 0.3) is 7.82 Å². The zero-order valence-corrected chi connectivity index (χ0v) is 49.0. The summed E-state index contributed by atoms with van der Waals surface area (Å²) in [5.74, 6) is -0.842. The van der Waals surface area contributed by atoms with Crippen molar-refractivity contribution in [2.45, 2.75) is 270 Å². The van der Waals surface area contributed by atoms with Gasteiger partial charge in [-0.2, -0.15) is 0 Å². The summed E-state index contributed by atoms with van der Waals surface area (Å²) in [5, 5.41) is 0. The largest absolute Gasteiger partial charge is 0.756 e. The number of phosphoric acid groups is 1. The minimum Gasteiger partial charge on any atom is -0.756 e. The van der Waals surface area contributed by atoms with E-state index in [1.807, 2.05) is 21.1 Å². The van der Waals surface area contributed by atoms with Gasteiger partial charge in [-0.15, -0.1) is 0 Å². The molecule has 0 fully saturated rings. The van der Waals surface area contributed by atoms with Crippen molar-refractivity contribution in [1.29, 1.82) is 0 Å². The molecule has 0 saturated heterocycles. The summed E-state index contributed by atoms with van der Waals surface area (Å²) >= 11 is 0. The maximum Gasteiger partial charge on any atom is 0.306 e. The second-order valence-electron chi connectivity index (χ2n) is 21.3. The molecule has 10 heteroatoms. The normalized spacial score (nSPS) is 13.8. The lowest BCUT2D eigenvalue weighted by Gasteiger charge is -2.28. The van der Waals surface area contributed by atoms with Gasteiger partial charge in [-0.3, -0.25) is 14.2 Å². The number of likely N-dealkylation sites (N-methyl/N-ethyl adjacent to an activating group) is 1. The molecule has 2 atom stereocenters. The SMILES string of the molecule is CC/C=C\C/C=C\C/C=C\C/C=C\CCCCCCCCCCCCCCCCCCCCCCC(=O)OC(COC(=O)CCCCCCC/C=C\C/C=C\CCCCCC)COP(=O)([O-])OCC[N+](C)(C)C. The Morgan fingerprint density at radius 2 is 0.781 bits per heavy atom. The van der Waals surface area contributed by atoms with Crippen molar-refractivity contribution in [2.75, 3.05) is 47.5 Å². The number of unbranched alkanes of at least 4 members (excludes halogenated alkanes) is 29. The third-order valence-corrected chi connectivity index (χ3v) is 13.9. The number of hydrogen-bond acceptors (Lipinski definition) is 8. The molecule has 0 spiro atoms. The lowest BCUT2D eigenvalue weighted by Crippen LogP contribution is -2.37. The fraction of sp³-hybridized carbons (Fsp3) is 0.778. The molecular weight excluding hydrogens is 930 g/mol. The Kier molecular flexibility index (Phi) is 52.4. The molecule has 0 aliphatic rings. The van der Waals surface area contributed by atoms with E-state index in [2.05, 4.69) is 86.8 Å². The molecule has 0 aliphatic carbocycles. The number of nitrogens with zero attached hydrogens (tertiary/aromatic N) is 1. The molecule has 0 bridgehead atoms. The second-order valence-corrected chi connectivity index (χ2v) is 22.7. The van der Waals surface area contributed by atoms with E-state index in [1.54, 1.807) is 0 Å². The van der Waals surface area contributed by atoms with Crippen molar-refractivity contribution in [1.82, 2.24) is 0 Å². The predicted molar refractivity (Wildman–Crippen MR) is 309 cm³/mol. The van der Waals surface area contributed by atoms with Gasteiger partial charge < -0.3 is 27.9 Å². The maximum absolute atomic E-state index is 12.8. The van der Waals surface area contributed by atoms with Crippen molar-refractivity contribution >= 4 is 19.8 Å². The molecule has 0 rings (SSSR count). The molecular formula is C63H114NO8P. The summed E-state index contributed by atoms with van der Waals surface area (Å²) in [4.78, 5) is 37.8. The summed E-state index contributed by atoms with van der Waals surface area (Å²) in [7, 11) is 1.16. The lowest BCUT2D eigenvalue weighted by atomic mass is 10.0. The van der Waals surface area contributed by atoms with Crippen molar-refractivity contribution in [2.24, 2.45) is 0 Å². The first-order valence-electron chi connectivity index (χ1n) is 30.1. The number of quaternary nitrogens is 1. The molecule has 0 aromatic heterocycles. The van der Waals surface area contributed by atoms with Gasteiger partial charge in [0.1, 0.15) is 19.8 Å². The van der Waals surface area contributed by atoms with E-state index in [-0.39, 0.29) is 26.1 Å². The Morgan fingerprint density at radius 3 is 1.16 bits per heavy atom. The molecule has 2 unspecified atom stereocenters. The molecule has 0 heterocycles. The molecule has 0 saturated carbocycles. The van der Waals surface area contributed by atoms with Crippen LogP contribution in [-0.4, -0.2) is 70.0 Å². The van der Waals surface area contributed by atoms with Gasteiger partial charge in [-0.25, -0.2) is 0 Å². The number of carbonyl (C=O) groups excluding carboxylic acids is 2. The Labute approximate surface area is 450 Å². The third kappa shape index (κ3) is 58.6. The number of allylic oxidation sites excluding steroid dienone is 12. The summed E-state index contributed by atoms with van der Waals surface area (Å²) in [6, 6.07) is 0. The minimum atomic E-state index is -4.64. The average Bonchev–Trinajstić information content (AvgIpc) is 3.35. The quantitative estimate of drug-likeness (QED) is 0.0195. The van der Waals surface area contributed by atoms with Crippen LogP contribution in [0.1, 0.15) is 264 Å². The Balaban J connectivity index is 4.04. The van der Waals surface area contributed by atoms with E-state index in [0.717, 1.165) is 83.5 Å². The van der Waals surface area contributed by atoms with Crippen LogP contribution < -0.4 is 4.89 Å².